The molecule has 110 valence electrons. The van der Waals surface area contributed by atoms with Gasteiger partial charge in [-0.05, 0) is 36.8 Å². The number of nitrogens with zero attached hydrogens (tertiary/aromatic N) is 2. The summed E-state index contributed by atoms with van der Waals surface area (Å²) in [5.41, 5.74) is 2.03. The maximum absolute atomic E-state index is 12.4. The molecule has 2 aromatic rings. The number of aryl methyl sites for hydroxylation is 1. The first kappa shape index (κ1) is 16.1. The molecule has 1 aromatic carbocycles. The SMILES string of the molecule is Cc1cc(C(=O)N(C)Cc2ccc(Cl)cc2Cl)cc(Cl)n1. The molecule has 6 heteroatoms. The lowest BCUT2D eigenvalue weighted by molar-refractivity contribution is 0.0785. The zero-order valence-corrected chi connectivity index (χ0v) is 13.8. The fourth-order valence-corrected chi connectivity index (χ4v) is 2.67. The van der Waals surface area contributed by atoms with Crippen LogP contribution in [0.2, 0.25) is 15.2 Å². The van der Waals surface area contributed by atoms with Gasteiger partial charge in [0.25, 0.3) is 5.91 Å². The first-order valence-electron chi connectivity index (χ1n) is 6.20. The van der Waals surface area contributed by atoms with E-state index in [0.717, 1.165) is 5.56 Å². The van der Waals surface area contributed by atoms with E-state index in [1.165, 1.54) is 0 Å². The zero-order valence-electron chi connectivity index (χ0n) is 11.5. The Balaban J connectivity index is 2.19. The second-order valence-corrected chi connectivity index (χ2v) is 5.95. The van der Waals surface area contributed by atoms with Gasteiger partial charge in [0.05, 0.1) is 0 Å². The molecule has 0 aliphatic rings. The summed E-state index contributed by atoms with van der Waals surface area (Å²) < 4.78 is 0. The van der Waals surface area contributed by atoms with Crippen molar-refractivity contribution in [2.24, 2.45) is 0 Å². The van der Waals surface area contributed by atoms with E-state index < -0.39 is 0 Å². The molecule has 0 unspecified atom stereocenters. The minimum absolute atomic E-state index is 0.145. The summed E-state index contributed by atoms with van der Waals surface area (Å²) in [4.78, 5) is 18.0. The Bertz CT molecular complexity index is 668. The highest BCUT2D eigenvalue weighted by Gasteiger charge is 2.15. The summed E-state index contributed by atoms with van der Waals surface area (Å²) in [7, 11) is 1.71. The van der Waals surface area contributed by atoms with Gasteiger partial charge in [-0.1, -0.05) is 40.9 Å². The third-order valence-electron chi connectivity index (χ3n) is 2.94. The maximum Gasteiger partial charge on any atom is 0.254 e. The molecule has 0 N–H and O–H groups in total. The summed E-state index contributed by atoms with van der Waals surface area (Å²) >= 11 is 17.9. The van der Waals surface area contributed by atoms with Crippen LogP contribution in [0.15, 0.2) is 30.3 Å². The lowest BCUT2D eigenvalue weighted by Gasteiger charge is -2.18. The second kappa shape index (κ2) is 6.65. The average molecular weight is 344 g/mol. The standard InChI is InChI=1S/C15H13Cl3N2O/c1-9-5-11(6-14(18)19-9)15(21)20(2)8-10-3-4-12(16)7-13(10)17/h3-7H,8H2,1-2H3. The monoisotopic (exact) mass is 342 g/mol. The second-order valence-electron chi connectivity index (χ2n) is 4.72. The topological polar surface area (TPSA) is 33.2 Å². The normalized spacial score (nSPS) is 10.5. The van der Waals surface area contributed by atoms with E-state index in [4.69, 9.17) is 34.8 Å². The van der Waals surface area contributed by atoms with Crippen molar-refractivity contribution in [3.63, 3.8) is 0 Å². The molecule has 1 heterocycles. The summed E-state index contributed by atoms with van der Waals surface area (Å²) in [6.07, 6.45) is 0. The number of aromatic nitrogens is 1. The van der Waals surface area contributed by atoms with Crippen molar-refractivity contribution >= 4 is 40.7 Å². The Kier molecular flexibility index (Phi) is 5.09. The van der Waals surface area contributed by atoms with Crippen molar-refractivity contribution in [1.82, 2.24) is 9.88 Å². The minimum atomic E-state index is -0.145. The Hall–Kier alpha value is -1.29. The van der Waals surface area contributed by atoms with E-state index in [0.29, 0.717) is 33.0 Å². The number of amides is 1. The van der Waals surface area contributed by atoms with Crippen LogP contribution >= 0.6 is 34.8 Å². The molecule has 0 saturated heterocycles. The average Bonchev–Trinajstić information content (AvgIpc) is 2.40. The van der Waals surface area contributed by atoms with Crippen molar-refractivity contribution in [3.8, 4) is 0 Å². The Morgan fingerprint density at radius 3 is 2.52 bits per heavy atom. The maximum atomic E-state index is 12.4. The number of halogens is 3. The van der Waals surface area contributed by atoms with Crippen molar-refractivity contribution in [2.45, 2.75) is 13.5 Å². The molecule has 0 fully saturated rings. The predicted molar refractivity (Wildman–Crippen MR) is 86.2 cm³/mol. The van der Waals surface area contributed by atoms with E-state index in [2.05, 4.69) is 4.98 Å². The molecule has 1 amide bonds. The van der Waals surface area contributed by atoms with Gasteiger partial charge in [0.15, 0.2) is 0 Å². The first-order valence-corrected chi connectivity index (χ1v) is 7.34. The summed E-state index contributed by atoms with van der Waals surface area (Å²) in [6, 6.07) is 8.46. The highest BCUT2D eigenvalue weighted by atomic mass is 35.5. The van der Waals surface area contributed by atoms with Crippen molar-refractivity contribution in [3.05, 3.63) is 62.4 Å². The fourth-order valence-electron chi connectivity index (χ4n) is 1.95. The molecule has 2 rings (SSSR count). The molecule has 0 saturated carbocycles. The van der Waals surface area contributed by atoms with Crippen LogP contribution in [0.4, 0.5) is 0 Å². The van der Waals surface area contributed by atoms with Gasteiger partial charge < -0.3 is 4.90 Å². The zero-order chi connectivity index (χ0) is 15.6. The van der Waals surface area contributed by atoms with Crippen LogP contribution in [0.5, 0.6) is 0 Å². The van der Waals surface area contributed by atoms with Crippen LogP contribution < -0.4 is 0 Å². The van der Waals surface area contributed by atoms with E-state index in [1.807, 2.05) is 0 Å². The molecular formula is C15H13Cl3N2O. The third kappa shape index (κ3) is 4.10. The minimum Gasteiger partial charge on any atom is -0.337 e. The number of pyridine rings is 1. The van der Waals surface area contributed by atoms with Crippen molar-refractivity contribution in [2.75, 3.05) is 7.05 Å². The Morgan fingerprint density at radius 1 is 1.19 bits per heavy atom. The van der Waals surface area contributed by atoms with Crippen LogP contribution in [-0.4, -0.2) is 22.8 Å². The Labute approximate surface area is 138 Å². The van der Waals surface area contributed by atoms with Crippen molar-refractivity contribution < 1.29 is 4.79 Å². The van der Waals surface area contributed by atoms with Crippen LogP contribution in [-0.2, 0) is 6.54 Å². The van der Waals surface area contributed by atoms with Gasteiger partial charge in [-0.2, -0.15) is 0 Å². The number of hydrogen-bond donors (Lipinski definition) is 0. The number of rotatable bonds is 3. The Morgan fingerprint density at radius 2 is 1.90 bits per heavy atom. The number of carbonyl (C=O) groups is 1. The number of hydrogen-bond acceptors (Lipinski definition) is 2. The summed E-state index contributed by atoms with van der Waals surface area (Å²) in [5.74, 6) is -0.145. The first-order chi connectivity index (χ1) is 9.86. The molecular weight excluding hydrogens is 331 g/mol. The van der Waals surface area contributed by atoms with E-state index in [1.54, 1.807) is 49.2 Å². The van der Waals surface area contributed by atoms with Gasteiger partial charge >= 0.3 is 0 Å². The van der Waals surface area contributed by atoms with E-state index >= 15 is 0 Å². The summed E-state index contributed by atoms with van der Waals surface area (Å²) in [5, 5.41) is 1.40. The quantitative estimate of drug-likeness (QED) is 0.762. The number of benzene rings is 1. The third-order valence-corrected chi connectivity index (χ3v) is 3.72. The van der Waals surface area contributed by atoms with Gasteiger partial charge in [-0.3, -0.25) is 4.79 Å². The molecule has 0 aliphatic carbocycles. The van der Waals surface area contributed by atoms with Crippen LogP contribution in [0.25, 0.3) is 0 Å². The molecule has 0 aliphatic heterocycles. The lowest BCUT2D eigenvalue weighted by Crippen LogP contribution is -2.26. The van der Waals surface area contributed by atoms with E-state index in [9.17, 15) is 4.79 Å². The summed E-state index contributed by atoms with van der Waals surface area (Å²) in [6.45, 7) is 2.17. The van der Waals surface area contributed by atoms with Gasteiger partial charge in [0, 0.05) is 34.9 Å². The molecule has 0 atom stereocenters. The van der Waals surface area contributed by atoms with Gasteiger partial charge in [-0.25, -0.2) is 4.98 Å². The van der Waals surface area contributed by atoms with Crippen LogP contribution in [0.3, 0.4) is 0 Å². The van der Waals surface area contributed by atoms with Crippen LogP contribution in [0.1, 0.15) is 21.6 Å². The molecule has 0 spiro atoms. The molecule has 21 heavy (non-hydrogen) atoms. The van der Waals surface area contributed by atoms with Gasteiger partial charge in [-0.15, -0.1) is 0 Å². The van der Waals surface area contributed by atoms with E-state index in [-0.39, 0.29) is 5.91 Å². The molecule has 3 nitrogen and oxygen atoms in total. The number of carbonyl (C=O) groups excluding carboxylic acids is 1. The fraction of sp³-hybridized carbons (Fsp3) is 0.200. The van der Waals surface area contributed by atoms with Crippen LogP contribution in [0, 0.1) is 6.92 Å². The molecule has 0 radical (unpaired) electrons. The lowest BCUT2D eigenvalue weighted by atomic mass is 10.1. The molecule has 0 bridgehead atoms. The smallest absolute Gasteiger partial charge is 0.254 e. The highest BCUT2D eigenvalue weighted by Crippen LogP contribution is 2.22. The predicted octanol–water partition coefficient (Wildman–Crippen LogP) is 4.62. The largest absolute Gasteiger partial charge is 0.337 e. The highest BCUT2D eigenvalue weighted by molar-refractivity contribution is 6.35. The van der Waals surface area contributed by atoms with Gasteiger partial charge in [0.1, 0.15) is 5.15 Å². The molecule has 1 aromatic heterocycles. The van der Waals surface area contributed by atoms with Crippen molar-refractivity contribution in [1.29, 1.82) is 0 Å². The van der Waals surface area contributed by atoms with Gasteiger partial charge in [0.2, 0.25) is 0 Å².